The molecule has 0 saturated carbocycles. The van der Waals surface area contributed by atoms with Crippen molar-refractivity contribution in [3.05, 3.63) is 42.1 Å². The largest absolute Gasteiger partial charge is 0.481 e. The summed E-state index contributed by atoms with van der Waals surface area (Å²) in [5.74, 6) is -0.656. The number of nitrogens with one attached hydrogen (secondary N) is 1. The average molecular weight is 342 g/mol. The van der Waals surface area contributed by atoms with Crippen LogP contribution in [0.3, 0.4) is 0 Å². The summed E-state index contributed by atoms with van der Waals surface area (Å²) in [6.07, 6.45) is 2.22. The van der Waals surface area contributed by atoms with E-state index in [2.05, 4.69) is 10.4 Å². The highest BCUT2D eigenvalue weighted by atomic mass is 16.4. The summed E-state index contributed by atoms with van der Waals surface area (Å²) >= 11 is 0. The zero-order valence-electron chi connectivity index (χ0n) is 14.3. The van der Waals surface area contributed by atoms with Gasteiger partial charge in [0.2, 0.25) is 0 Å². The van der Waals surface area contributed by atoms with E-state index in [1.54, 1.807) is 21.8 Å². The number of aryl methyl sites for hydroxylation is 1. The minimum Gasteiger partial charge on any atom is -0.481 e. The summed E-state index contributed by atoms with van der Waals surface area (Å²) in [7, 11) is 0. The first-order valence-electron chi connectivity index (χ1n) is 8.34. The Hall–Kier alpha value is -2.83. The lowest BCUT2D eigenvalue weighted by molar-refractivity contribution is -0.143. The number of carboxylic acid groups (broad SMARTS) is 1. The summed E-state index contributed by atoms with van der Waals surface area (Å²) < 4.78 is 1.68. The number of piperidine rings is 1. The van der Waals surface area contributed by atoms with Crippen LogP contribution in [0.15, 0.2) is 36.5 Å². The Balaban J connectivity index is 1.77. The molecule has 0 aliphatic carbocycles. The molecule has 2 unspecified atom stereocenters. The van der Waals surface area contributed by atoms with Gasteiger partial charge in [0.15, 0.2) is 0 Å². The van der Waals surface area contributed by atoms with E-state index in [0.29, 0.717) is 18.8 Å². The smallest absolute Gasteiger partial charge is 0.323 e. The lowest BCUT2D eigenvalue weighted by Gasteiger charge is -2.34. The number of urea groups is 1. The molecule has 2 N–H and O–H groups in total. The summed E-state index contributed by atoms with van der Waals surface area (Å²) in [6, 6.07) is 9.20. The molecule has 132 valence electrons. The Bertz CT molecular complexity index is 786. The van der Waals surface area contributed by atoms with Crippen molar-refractivity contribution in [1.82, 2.24) is 14.7 Å². The first kappa shape index (κ1) is 17.0. The predicted octanol–water partition coefficient (Wildman–Crippen LogP) is 2.76. The minimum atomic E-state index is -0.852. The van der Waals surface area contributed by atoms with Gasteiger partial charge in [-0.2, -0.15) is 5.10 Å². The van der Waals surface area contributed by atoms with Gasteiger partial charge in [0.1, 0.15) is 5.82 Å². The molecular formula is C18H22N4O3. The van der Waals surface area contributed by atoms with Crippen molar-refractivity contribution < 1.29 is 14.7 Å². The number of benzene rings is 1. The van der Waals surface area contributed by atoms with Gasteiger partial charge in [0.05, 0.1) is 17.8 Å². The van der Waals surface area contributed by atoms with Gasteiger partial charge >= 0.3 is 12.0 Å². The van der Waals surface area contributed by atoms with Gasteiger partial charge in [-0.1, -0.05) is 25.1 Å². The van der Waals surface area contributed by atoms with Crippen molar-refractivity contribution in [3.63, 3.8) is 0 Å². The molecule has 1 saturated heterocycles. The van der Waals surface area contributed by atoms with Crippen LogP contribution >= 0.6 is 0 Å². The third kappa shape index (κ3) is 3.65. The van der Waals surface area contributed by atoms with Crippen LogP contribution in [0.2, 0.25) is 0 Å². The third-order valence-electron chi connectivity index (χ3n) is 4.52. The Kier molecular flexibility index (Phi) is 4.74. The van der Waals surface area contributed by atoms with Crippen molar-refractivity contribution in [2.24, 2.45) is 11.8 Å². The fraction of sp³-hybridized carbons (Fsp3) is 0.389. The van der Waals surface area contributed by atoms with E-state index < -0.39 is 11.9 Å². The van der Waals surface area contributed by atoms with Crippen LogP contribution in [0.1, 0.15) is 18.9 Å². The number of nitrogens with zero attached hydrogens (tertiary/aromatic N) is 3. The number of aromatic nitrogens is 2. The van der Waals surface area contributed by atoms with Crippen molar-refractivity contribution in [2.75, 3.05) is 18.4 Å². The molecule has 0 bridgehead atoms. The number of carbonyl (C=O) groups excluding carboxylic acids is 1. The number of amides is 2. The molecule has 7 nitrogen and oxygen atoms in total. The number of likely N-dealkylation sites (tertiary alicyclic amines) is 1. The number of carbonyl (C=O) groups is 2. The van der Waals surface area contributed by atoms with Crippen molar-refractivity contribution in [2.45, 2.75) is 20.3 Å². The summed E-state index contributed by atoms with van der Waals surface area (Å²) in [5, 5.41) is 16.4. The van der Waals surface area contributed by atoms with Crippen molar-refractivity contribution >= 4 is 17.8 Å². The molecule has 2 heterocycles. The molecule has 1 aromatic heterocycles. The summed E-state index contributed by atoms with van der Waals surface area (Å²) in [6.45, 7) is 4.72. The number of hydrogen-bond donors (Lipinski definition) is 2. The third-order valence-corrected chi connectivity index (χ3v) is 4.52. The topological polar surface area (TPSA) is 87.5 Å². The van der Waals surface area contributed by atoms with Gasteiger partial charge in [-0.15, -0.1) is 0 Å². The number of hydrogen-bond acceptors (Lipinski definition) is 3. The molecule has 1 aliphatic rings. The van der Waals surface area contributed by atoms with Crippen LogP contribution in [-0.2, 0) is 4.79 Å². The number of anilines is 1. The standard InChI is InChI=1S/C18H22N4O3/c1-12-9-14(17(23)24)11-21(10-12)18(25)20-16-7-8-19-22(16)15-6-4-3-5-13(15)2/h3-8,12,14H,9-11H2,1-2H3,(H,20,25)(H,23,24). The van der Waals surface area contributed by atoms with Crippen LogP contribution < -0.4 is 5.32 Å². The SMILES string of the molecule is Cc1ccccc1-n1nccc1NC(=O)N1CC(C)CC(C(=O)O)C1. The number of para-hydroxylation sites is 1. The summed E-state index contributed by atoms with van der Waals surface area (Å²) in [5.41, 5.74) is 1.93. The van der Waals surface area contributed by atoms with E-state index in [1.807, 2.05) is 38.1 Å². The molecule has 3 rings (SSSR count). The molecule has 0 radical (unpaired) electrons. The molecule has 2 amide bonds. The molecule has 0 spiro atoms. The van der Waals surface area contributed by atoms with E-state index in [9.17, 15) is 14.7 Å². The molecule has 1 aromatic carbocycles. The fourth-order valence-electron chi connectivity index (χ4n) is 3.28. The maximum absolute atomic E-state index is 12.6. The van der Waals surface area contributed by atoms with Crippen molar-refractivity contribution in [1.29, 1.82) is 0 Å². The average Bonchev–Trinajstić information content (AvgIpc) is 3.02. The number of carboxylic acids is 1. The van der Waals surface area contributed by atoms with Gasteiger partial charge in [0, 0.05) is 19.2 Å². The zero-order chi connectivity index (χ0) is 18.0. The second-order valence-electron chi connectivity index (χ2n) is 6.63. The monoisotopic (exact) mass is 342 g/mol. The normalized spacial score (nSPS) is 20.3. The minimum absolute atomic E-state index is 0.155. The van der Waals surface area contributed by atoms with E-state index >= 15 is 0 Å². The van der Waals surface area contributed by atoms with Crippen LogP contribution in [0, 0.1) is 18.8 Å². The van der Waals surface area contributed by atoms with Gasteiger partial charge in [-0.3, -0.25) is 10.1 Å². The Morgan fingerprint density at radius 2 is 2.00 bits per heavy atom. The molecule has 25 heavy (non-hydrogen) atoms. The zero-order valence-corrected chi connectivity index (χ0v) is 14.3. The van der Waals surface area contributed by atoms with Gasteiger partial charge in [0.25, 0.3) is 0 Å². The molecule has 7 heteroatoms. The second-order valence-corrected chi connectivity index (χ2v) is 6.63. The maximum Gasteiger partial charge on any atom is 0.323 e. The van der Waals surface area contributed by atoms with Gasteiger partial charge in [-0.25, -0.2) is 9.48 Å². The highest BCUT2D eigenvalue weighted by Gasteiger charge is 2.32. The van der Waals surface area contributed by atoms with E-state index in [-0.39, 0.29) is 18.5 Å². The quantitative estimate of drug-likeness (QED) is 0.898. The summed E-state index contributed by atoms with van der Waals surface area (Å²) in [4.78, 5) is 25.5. The van der Waals surface area contributed by atoms with E-state index in [0.717, 1.165) is 11.3 Å². The van der Waals surface area contributed by atoms with Crippen LogP contribution in [0.25, 0.3) is 5.69 Å². The highest BCUT2D eigenvalue weighted by Crippen LogP contribution is 2.23. The number of aliphatic carboxylic acids is 1. The Morgan fingerprint density at radius 3 is 2.72 bits per heavy atom. The Morgan fingerprint density at radius 1 is 1.24 bits per heavy atom. The van der Waals surface area contributed by atoms with E-state index in [4.69, 9.17) is 0 Å². The lowest BCUT2D eigenvalue weighted by Crippen LogP contribution is -2.47. The predicted molar refractivity (Wildman–Crippen MR) is 93.8 cm³/mol. The fourth-order valence-corrected chi connectivity index (χ4v) is 3.28. The van der Waals surface area contributed by atoms with Crippen LogP contribution in [0.4, 0.5) is 10.6 Å². The van der Waals surface area contributed by atoms with Gasteiger partial charge in [-0.05, 0) is 30.9 Å². The molecule has 1 fully saturated rings. The molecule has 1 aliphatic heterocycles. The molecule has 2 atom stereocenters. The molecular weight excluding hydrogens is 320 g/mol. The maximum atomic E-state index is 12.6. The van der Waals surface area contributed by atoms with E-state index in [1.165, 1.54) is 0 Å². The molecule has 2 aromatic rings. The number of rotatable bonds is 3. The van der Waals surface area contributed by atoms with Gasteiger partial charge < -0.3 is 10.0 Å². The highest BCUT2D eigenvalue weighted by molar-refractivity contribution is 5.89. The van der Waals surface area contributed by atoms with Crippen molar-refractivity contribution in [3.8, 4) is 5.69 Å². The van der Waals surface area contributed by atoms with Crippen LogP contribution in [0.5, 0.6) is 0 Å². The first-order chi connectivity index (χ1) is 12.0. The Labute approximate surface area is 146 Å². The van der Waals surface area contributed by atoms with Crippen LogP contribution in [-0.4, -0.2) is 44.9 Å². The first-order valence-corrected chi connectivity index (χ1v) is 8.34. The second kappa shape index (κ2) is 6.96. The lowest BCUT2D eigenvalue weighted by atomic mass is 9.91.